The van der Waals surface area contributed by atoms with Crippen molar-refractivity contribution in [3.8, 4) is 5.75 Å². The molecule has 0 N–H and O–H groups in total. The summed E-state index contributed by atoms with van der Waals surface area (Å²) in [6.07, 6.45) is 3.66. The molecule has 6 heteroatoms. The Morgan fingerprint density at radius 2 is 1.78 bits per heavy atom. The molecule has 3 heterocycles. The Balaban J connectivity index is 1.66. The van der Waals surface area contributed by atoms with Gasteiger partial charge < -0.3 is 9.15 Å². The van der Waals surface area contributed by atoms with E-state index in [1.807, 2.05) is 30.3 Å². The highest BCUT2D eigenvalue weighted by atomic mass is 16.5. The molecule has 0 bridgehead atoms. The van der Waals surface area contributed by atoms with Crippen LogP contribution in [-0.4, -0.2) is 17.5 Å². The number of pyridine rings is 1. The lowest BCUT2D eigenvalue weighted by Crippen LogP contribution is -2.30. The normalized spacial score (nSPS) is 15.2. The van der Waals surface area contributed by atoms with Gasteiger partial charge in [-0.2, -0.15) is 0 Å². The smallest absolute Gasteiger partial charge is 0.296 e. The van der Waals surface area contributed by atoms with Crippen LogP contribution >= 0.6 is 0 Å². The fourth-order valence-corrected chi connectivity index (χ4v) is 4.05. The highest BCUT2D eigenvalue weighted by molar-refractivity contribution is 6.10. The maximum absolute atomic E-state index is 13.5. The zero-order valence-electron chi connectivity index (χ0n) is 17.7. The van der Waals surface area contributed by atoms with Gasteiger partial charge in [0.2, 0.25) is 5.76 Å². The van der Waals surface area contributed by atoms with Gasteiger partial charge in [-0.3, -0.25) is 14.5 Å². The number of aromatic nitrogens is 1. The van der Waals surface area contributed by atoms with Crippen LogP contribution in [0.2, 0.25) is 0 Å². The average Bonchev–Trinajstić information content (AvgIpc) is 3.13. The molecule has 4 aromatic rings. The Morgan fingerprint density at radius 1 is 1.00 bits per heavy atom. The predicted molar refractivity (Wildman–Crippen MR) is 122 cm³/mol. The number of hydrogen-bond acceptors (Lipinski definition) is 5. The third-order valence-corrected chi connectivity index (χ3v) is 5.64. The number of fused-ring (bicyclic) bond motifs is 2. The van der Waals surface area contributed by atoms with Crippen LogP contribution in [0.1, 0.15) is 47.5 Å². The monoisotopic (exact) mass is 426 g/mol. The summed E-state index contributed by atoms with van der Waals surface area (Å²) in [6, 6.07) is 19.2. The summed E-state index contributed by atoms with van der Waals surface area (Å²) < 4.78 is 11.7. The molecular weight excluding hydrogens is 404 g/mol. The number of para-hydroxylation sites is 1. The molecule has 32 heavy (non-hydrogen) atoms. The Labute approximate surface area is 185 Å². The number of amides is 1. The zero-order valence-corrected chi connectivity index (χ0v) is 17.7. The molecule has 0 saturated carbocycles. The molecular formula is C26H22N2O4. The van der Waals surface area contributed by atoms with Crippen LogP contribution in [0.25, 0.3) is 11.0 Å². The van der Waals surface area contributed by atoms with Crippen molar-refractivity contribution in [3.05, 3.63) is 100 Å². The van der Waals surface area contributed by atoms with Crippen LogP contribution in [-0.2, 0) is 0 Å². The van der Waals surface area contributed by atoms with Gasteiger partial charge in [-0.25, -0.2) is 4.98 Å². The summed E-state index contributed by atoms with van der Waals surface area (Å²) >= 11 is 0. The predicted octanol–water partition coefficient (Wildman–Crippen LogP) is 5.12. The van der Waals surface area contributed by atoms with Crippen molar-refractivity contribution in [2.75, 3.05) is 11.5 Å². The first kappa shape index (κ1) is 20.0. The van der Waals surface area contributed by atoms with Gasteiger partial charge in [-0.05, 0) is 48.4 Å². The van der Waals surface area contributed by atoms with Gasteiger partial charge in [0.1, 0.15) is 17.2 Å². The summed E-state index contributed by atoms with van der Waals surface area (Å²) in [5, 5.41) is 0.450. The number of carbonyl (C=O) groups excluding carboxylic acids is 1. The number of hydrogen-bond donors (Lipinski definition) is 0. The molecule has 0 saturated heterocycles. The largest absolute Gasteiger partial charge is 0.494 e. The van der Waals surface area contributed by atoms with Crippen LogP contribution in [0.5, 0.6) is 5.75 Å². The summed E-state index contributed by atoms with van der Waals surface area (Å²) in [5.74, 6) is 0.893. The first-order chi connectivity index (χ1) is 15.7. The highest BCUT2D eigenvalue weighted by Crippen LogP contribution is 2.40. The van der Waals surface area contributed by atoms with Crippen molar-refractivity contribution >= 4 is 22.7 Å². The maximum Gasteiger partial charge on any atom is 0.296 e. The summed E-state index contributed by atoms with van der Waals surface area (Å²) in [5.41, 5.74) is 1.31. The standard InChI is InChI=1S/C26H22N2O4/c1-2-3-16-31-18-13-11-17(12-14-18)23-22-24(29)19-8-4-5-9-20(19)32-25(22)26(30)28(23)21-10-6-7-15-27-21/h4-15,23H,2-3,16H2,1H3/t23-/m1/s1. The third-order valence-electron chi connectivity index (χ3n) is 5.64. The molecule has 0 aliphatic carbocycles. The lowest BCUT2D eigenvalue weighted by atomic mass is 9.98. The second kappa shape index (κ2) is 8.30. The molecule has 1 amide bonds. The second-order valence-corrected chi connectivity index (χ2v) is 7.71. The Kier molecular flexibility index (Phi) is 5.19. The Hall–Kier alpha value is -3.93. The van der Waals surface area contributed by atoms with Crippen molar-refractivity contribution in [1.82, 2.24) is 4.98 Å². The topological polar surface area (TPSA) is 72.6 Å². The van der Waals surface area contributed by atoms with E-state index >= 15 is 0 Å². The fourth-order valence-electron chi connectivity index (χ4n) is 4.05. The third kappa shape index (κ3) is 3.34. The number of carbonyl (C=O) groups is 1. The summed E-state index contributed by atoms with van der Waals surface area (Å²) in [6.45, 7) is 2.76. The fraction of sp³-hybridized carbons (Fsp3) is 0.192. The first-order valence-electron chi connectivity index (χ1n) is 10.7. The molecule has 0 radical (unpaired) electrons. The molecule has 2 aromatic heterocycles. The summed E-state index contributed by atoms with van der Waals surface area (Å²) in [4.78, 5) is 32.8. The number of anilines is 1. The highest BCUT2D eigenvalue weighted by Gasteiger charge is 2.44. The minimum absolute atomic E-state index is 0.0626. The minimum atomic E-state index is -0.641. The average molecular weight is 426 g/mol. The molecule has 1 atom stereocenters. The second-order valence-electron chi connectivity index (χ2n) is 7.71. The summed E-state index contributed by atoms with van der Waals surface area (Å²) in [7, 11) is 0. The van der Waals surface area contributed by atoms with E-state index in [-0.39, 0.29) is 17.1 Å². The lowest BCUT2D eigenvalue weighted by Gasteiger charge is -2.24. The lowest BCUT2D eigenvalue weighted by molar-refractivity contribution is 0.0970. The van der Waals surface area contributed by atoms with E-state index in [1.165, 1.54) is 4.90 Å². The van der Waals surface area contributed by atoms with Gasteiger partial charge in [0.15, 0.2) is 5.43 Å². The van der Waals surface area contributed by atoms with Crippen molar-refractivity contribution < 1.29 is 13.9 Å². The molecule has 0 spiro atoms. The molecule has 2 aromatic carbocycles. The van der Waals surface area contributed by atoms with Gasteiger partial charge in [0, 0.05) is 6.20 Å². The van der Waals surface area contributed by atoms with E-state index in [1.54, 1.807) is 42.6 Å². The number of nitrogens with zero attached hydrogens (tertiary/aromatic N) is 2. The zero-order chi connectivity index (χ0) is 22.1. The molecule has 5 rings (SSSR count). The molecule has 1 aliphatic rings. The maximum atomic E-state index is 13.5. The van der Waals surface area contributed by atoms with Crippen LogP contribution < -0.4 is 15.1 Å². The van der Waals surface area contributed by atoms with Gasteiger partial charge in [-0.1, -0.05) is 43.7 Å². The SMILES string of the molecule is CCCCOc1ccc([C@@H]2c3c(oc4ccccc4c3=O)C(=O)N2c2ccccn2)cc1. The number of rotatable bonds is 6. The molecule has 1 aliphatic heterocycles. The van der Waals surface area contributed by atoms with Gasteiger partial charge in [0.25, 0.3) is 5.91 Å². The van der Waals surface area contributed by atoms with E-state index in [2.05, 4.69) is 11.9 Å². The minimum Gasteiger partial charge on any atom is -0.494 e. The number of ether oxygens (including phenoxy) is 1. The van der Waals surface area contributed by atoms with Gasteiger partial charge in [0.05, 0.1) is 23.6 Å². The van der Waals surface area contributed by atoms with E-state index in [0.717, 1.165) is 24.2 Å². The van der Waals surface area contributed by atoms with Crippen LogP contribution in [0.15, 0.2) is 82.1 Å². The van der Waals surface area contributed by atoms with Gasteiger partial charge in [-0.15, -0.1) is 0 Å². The Bertz CT molecular complexity index is 1330. The van der Waals surface area contributed by atoms with Crippen LogP contribution in [0.4, 0.5) is 5.82 Å². The molecule has 160 valence electrons. The van der Waals surface area contributed by atoms with Crippen molar-refractivity contribution in [2.24, 2.45) is 0 Å². The van der Waals surface area contributed by atoms with E-state index in [9.17, 15) is 9.59 Å². The van der Waals surface area contributed by atoms with Gasteiger partial charge >= 0.3 is 0 Å². The molecule has 0 unspecified atom stereocenters. The van der Waals surface area contributed by atoms with Crippen LogP contribution in [0, 0.1) is 0 Å². The number of unbranched alkanes of at least 4 members (excludes halogenated alkanes) is 1. The van der Waals surface area contributed by atoms with Crippen LogP contribution in [0.3, 0.4) is 0 Å². The Morgan fingerprint density at radius 3 is 2.53 bits per heavy atom. The first-order valence-corrected chi connectivity index (χ1v) is 10.7. The van der Waals surface area contributed by atoms with Crippen molar-refractivity contribution in [2.45, 2.75) is 25.8 Å². The van der Waals surface area contributed by atoms with E-state index in [0.29, 0.717) is 29.0 Å². The number of benzene rings is 2. The molecule has 0 fully saturated rings. The molecule has 6 nitrogen and oxygen atoms in total. The van der Waals surface area contributed by atoms with E-state index < -0.39 is 6.04 Å². The van der Waals surface area contributed by atoms with Crippen molar-refractivity contribution in [1.29, 1.82) is 0 Å². The van der Waals surface area contributed by atoms with Crippen molar-refractivity contribution in [3.63, 3.8) is 0 Å². The quantitative estimate of drug-likeness (QED) is 0.400. The van der Waals surface area contributed by atoms with E-state index in [4.69, 9.17) is 9.15 Å².